The number of fused-ring (bicyclic) bond motifs is 3. The van der Waals surface area contributed by atoms with Gasteiger partial charge in [0.2, 0.25) is 5.75 Å². The molecule has 148 valence electrons. The summed E-state index contributed by atoms with van der Waals surface area (Å²) in [5.74, 6) is 0.357. The fraction of sp³-hybridized carbons (Fsp3) is 0.300. The molecule has 1 unspecified atom stereocenters. The second kappa shape index (κ2) is 8.02. The van der Waals surface area contributed by atoms with E-state index in [9.17, 15) is 13.8 Å². The number of hydrogen-bond donors (Lipinski definition) is 0. The molecule has 8 heteroatoms. The minimum absolute atomic E-state index is 0.000453. The number of rotatable bonds is 4. The van der Waals surface area contributed by atoms with E-state index < -0.39 is 16.8 Å². The van der Waals surface area contributed by atoms with E-state index in [4.69, 9.17) is 18.9 Å². The summed E-state index contributed by atoms with van der Waals surface area (Å²) in [5, 5.41) is 0. The van der Waals surface area contributed by atoms with Crippen LogP contribution in [0.25, 0.3) is 5.57 Å². The van der Waals surface area contributed by atoms with Crippen molar-refractivity contribution >= 4 is 28.1 Å². The largest absolute Gasteiger partial charge is 0.493 e. The number of esters is 1. The van der Waals surface area contributed by atoms with Crippen molar-refractivity contribution in [3.63, 3.8) is 0 Å². The van der Waals surface area contributed by atoms with E-state index in [1.54, 1.807) is 12.1 Å². The van der Waals surface area contributed by atoms with E-state index in [-0.39, 0.29) is 22.7 Å². The van der Waals surface area contributed by atoms with Gasteiger partial charge < -0.3 is 18.9 Å². The minimum atomic E-state index is -1.55. The zero-order valence-electron chi connectivity index (χ0n) is 16.0. The van der Waals surface area contributed by atoms with E-state index >= 15 is 0 Å². The molecule has 0 fully saturated rings. The van der Waals surface area contributed by atoms with Gasteiger partial charge in [0.25, 0.3) is 0 Å². The van der Waals surface area contributed by atoms with Gasteiger partial charge in [0, 0.05) is 18.2 Å². The summed E-state index contributed by atoms with van der Waals surface area (Å²) < 4.78 is 33.5. The van der Waals surface area contributed by atoms with Crippen molar-refractivity contribution in [2.75, 3.05) is 27.6 Å². The topological polar surface area (TPSA) is 88.1 Å². The molecule has 0 bridgehead atoms. The van der Waals surface area contributed by atoms with Gasteiger partial charge in [-0.2, -0.15) is 0 Å². The summed E-state index contributed by atoms with van der Waals surface area (Å²) in [6.07, 6.45) is 6.20. The Labute approximate surface area is 165 Å². The van der Waals surface area contributed by atoms with Crippen molar-refractivity contribution < 1.29 is 32.7 Å². The number of hydrogen-bond acceptors (Lipinski definition) is 7. The first-order valence-electron chi connectivity index (χ1n) is 8.45. The maximum atomic E-state index is 12.7. The van der Waals surface area contributed by atoms with Gasteiger partial charge in [-0.05, 0) is 29.7 Å². The molecule has 1 heterocycles. The lowest BCUT2D eigenvalue weighted by atomic mass is 9.93. The summed E-state index contributed by atoms with van der Waals surface area (Å²) in [4.78, 5) is 24.8. The Hall–Kier alpha value is -2.87. The van der Waals surface area contributed by atoms with E-state index in [0.29, 0.717) is 34.8 Å². The third kappa shape index (κ3) is 3.35. The Morgan fingerprint density at radius 3 is 2.29 bits per heavy atom. The molecule has 28 heavy (non-hydrogen) atoms. The Kier molecular flexibility index (Phi) is 5.69. The van der Waals surface area contributed by atoms with Gasteiger partial charge in [0.1, 0.15) is 11.2 Å². The summed E-state index contributed by atoms with van der Waals surface area (Å²) in [6, 6.07) is 1.81. The molecule has 0 saturated carbocycles. The summed E-state index contributed by atoms with van der Waals surface area (Å²) in [7, 11) is 2.97. The molecule has 0 radical (unpaired) electrons. The van der Waals surface area contributed by atoms with Crippen LogP contribution < -0.4 is 14.2 Å². The van der Waals surface area contributed by atoms with Crippen molar-refractivity contribution in [2.45, 2.75) is 12.8 Å². The smallest absolute Gasteiger partial charge is 0.352 e. The van der Waals surface area contributed by atoms with E-state index in [2.05, 4.69) is 0 Å². The average Bonchev–Trinajstić information content (AvgIpc) is 2.79. The van der Waals surface area contributed by atoms with Crippen molar-refractivity contribution in [2.24, 2.45) is 0 Å². The first-order chi connectivity index (χ1) is 13.4. The van der Waals surface area contributed by atoms with Crippen LogP contribution in [0.15, 0.2) is 35.0 Å². The summed E-state index contributed by atoms with van der Waals surface area (Å²) in [6.45, 7) is 0. The number of methoxy groups -OCH3 is 3. The van der Waals surface area contributed by atoms with Crippen LogP contribution in [0.2, 0.25) is 0 Å². The number of ketones is 1. The molecule has 0 spiro atoms. The van der Waals surface area contributed by atoms with Crippen LogP contribution in [0, 0.1) is 0 Å². The lowest BCUT2D eigenvalue weighted by Crippen LogP contribution is -2.12. The number of carbonyl (C=O) groups is 2. The number of benzene rings is 1. The zero-order chi connectivity index (χ0) is 20.4. The predicted octanol–water partition coefficient (Wildman–Crippen LogP) is 2.31. The maximum Gasteiger partial charge on any atom is 0.352 e. The third-order valence-corrected chi connectivity index (χ3v) is 5.51. The second-order valence-corrected chi connectivity index (χ2v) is 7.45. The van der Waals surface area contributed by atoms with E-state index in [1.165, 1.54) is 33.7 Å². The monoisotopic (exact) mass is 404 g/mol. The number of carbonyl (C=O) groups excluding carboxylic acids is 2. The maximum absolute atomic E-state index is 12.7. The highest BCUT2D eigenvalue weighted by molar-refractivity contribution is 7.89. The molecule has 7 nitrogen and oxygen atoms in total. The van der Waals surface area contributed by atoms with Crippen LogP contribution in [0.3, 0.4) is 0 Å². The van der Waals surface area contributed by atoms with Gasteiger partial charge >= 0.3 is 5.97 Å². The van der Waals surface area contributed by atoms with Crippen LogP contribution in [0.4, 0.5) is 0 Å². The predicted molar refractivity (Wildman–Crippen MR) is 104 cm³/mol. The number of cyclic esters (lactones) is 1. The average molecular weight is 404 g/mol. The first kappa shape index (κ1) is 19.9. The van der Waals surface area contributed by atoms with Crippen LogP contribution in [0.5, 0.6) is 17.2 Å². The molecule has 1 aliphatic heterocycles. The molecular weight excluding hydrogens is 384 g/mol. The first-order valence-corrected chi connectivity index (χ1v) is 10.0. The number of aryl methyl sites for hydroxylation is 1. The molecule has 2 aliphatic rings. The highest BCUT2D eigenvalue weighted by atomic mass is 32.2. The van der Waals surface area contributed by atoms with Gasteiger partial charge in [-0.25, -0.2) is 4.79 Å². The lowest BCUT2D eigenvalue weighted by Gasteiger charge is -2.20. The van der Waals surface area contributed by atoms with Crippen molar-refractivity contribution in [3.05, 3.63) is 46.1 Å². The molecule has 1 atom stereocenters. The van der Waals surface area contributed by atoms with Crippen LogP contribution >= 0.6 is 0 Å². The van der Waals surface area contributed by atoms with Crippen LogP contribution in [0.1, 0.15) is 17.5 Å². The molecule has 1 aromatic carbocycles. The van der Waals surface area contributed by atoms with Crippen molar-refractivity contribution in [3.8, 4) is 17.2 Å². The van der Waals surface area contributed by atoms with Gasteiger partial charge in [-0.3, -0.25) is 9.00 Å². The fourth-order valence-corrected chi connectivity index (χ4v) is 3.82. The van der Waals surface area contributed by atoms with E-state index in [0.717, 1.165) is 11.8 Å². The SMILES string of the molecule is COc1cc2c(c(OC)c1OC)C1=C/C=C(\S(C)=O)C(=O)O/C=C\1C(=O)CC2. The Bertz CT molecular complexity index is 969. The molecular formula is C20H20O7S. The van der Waals surface area contributed by atoms with Crippen molar-refractivity contribution in [1.29, 1.82) is 0 Å². The van der Waals surface area contributed by atoms with Gasteiger partial charge in [0.15, 0.2) is 17.3 Å². The van der Waals surface area contributed by atoms with Crippen LogP contribution in [-0.2, 0) is 31.5 Å². The lowest BCUT2D eigenvalue weighted by molar-refractivity contribution is -0.132. The Morgan fingerprint density at radius 1 is 0.964 bits per heavy atom. The third-order valence-electron chi connectivity index (χ3n) is 4.59. The molecule has 3 rings (SSSR count). The summed E-state index contributed by atoms with van der Waals surface area (Å²) >= 11 is 0. The van der Waals surface area contributed by atoms with Gasteiger partial charge in [0.05, 0.1) is 37.7 Å². The highest BCUT2D eigenvalue weighted by Gasteiger charge is 2.31. The molecule has 0 aromatic heterocycles. The number of Topliss-reactive ketones (excluding diaryl/α,β-unsaturated/α-hetero) is 1. The van der Waals surface area contributed by atoms with Crippen LogP contribution in [-0.4, -0.2) is 43.5 Å². The summed E-state index contributed by atoms with van der Waals surface area (Å²) in [5.41, 5.74) is 2.23. The Balaban J connectivity index is 2.37. The quantitative estimate of drug-likeness (QED) is 0.712. The molecule has 0 saturated heterocycles. The normalized spacial score (nSPS) is 22.9. The minimum Gasteiger partial charge on any atom is -0.493 e. The van der Waals surface area contributed by atoms with Gasteiger partial charge in [-0.15, -0.1) is 0 Å². The molecule has 1 aliphatic carbocycles. The number of ether oxygens (including phenoxy) is 4. The second-order valence-electron chi connectivity index (χ2n) is 6.10. The van der Waals surface area contributed by atoms with Gasteiger partial charge in [-0.1, -0.05) is 6.08 Å². The highest BCUT2D eigenvalue weighted by Crippen LogP contribution is 2.48. The Morgan fingerprint density at radius 2 is 1.68 bits per heavy atom. The molecule has 0 amide bonds. The fourth-order valence-electron chi connectivity index (χ4n) is 3.28. The molecule has 0 N–H and O–H groups in total. The standard InChI is InChI=1S/C20H20O7S/c1-24-15-9-11-5-7-14(21)13-10-27-20(22)16(28(4)23)8-6-12(13)17(11)19(26-3)18(15)25-2/h6,8-10H,5,7H2,1-4H3/b12-6+,13-10+,16-8-. The van der Waals surface area contributed by atoms with E-state index in [1.807, 2.05) is 0 Å². The van der Waals surface area contributed by atoms with Crippen molar-refractivity contribution in [1.82, 2.24) is 0 Å². The number of allylic oxidation sites excluding steroid dienone is 4. The molecule has 1 aromatic rings. The zero-order valence-corrected chi connectivity index (χ0v) is 16.8.